The van der Waals surface area contributed by atoms with Gasteiger partial charge in [0.05, 0.1) is 4.88 Å². The van der Waals surface area contributed by atoms with Crippen molar-refractivity contribution >= 4 is 11.5 Å². The van der Waals surface area contributed by atoms with Gasteiger partial charge in [-0.2, -0.15) is 0 Å². The second kappa shape index (κ2) is 3.04. The van der Waals surface area contributed by atoms with Crippen molar-refractivity contribution < 1.29 is 5.11 Å². The van der Waals surface area contributed by atoms with E-state index in [4.69, 9.17) is 0 Å². The third kappa shape index (κ3) is 1.49. The van der Waals surface area contributed by atoms with Crippen LogP contribution in [0.15, 0.2) is 12.3 Å². The minimum Gasteiger partial charge on any atom is -0.383 e. The van der Waals surface area contributed by atoms with E-state index in [0.717, 1.165) is 17.8 Å². The third-order valence-corrected chi connectivity index (χ3v) is 3.73. The number of β-amino-alcohol motifs (C(OH)–C–C–N with tert-alkyl or cyclic N) is 1. The molecule has 1 N–H and O–H groups in total. The minimum absolute atomic E-state index is 0.451. The standard InChI is InChI=1S/C9H14N2OS/c1-7-5-9(12,6-11(7)2)8-3-4-10-13-8/h3-4,7,12H,5-6H2,1-2H3. The molecule has 3 nitrogen and oxygen atoms in total. The summed E-state index contributed by atoms with van der Waals surface area (Å²) in [5.41, 5.74) is -0.657. The number of hydrogen-bond donors (Lipinski definition) is 1. The van der Waals surface area contributed by atoms with Gasteiger partial charge >= 0.3 is 0 Å². The highest BCUT2D eigenvalue weighted by molar-refractivity contribution is 7.05. The molecule has 0 bridgehead atoms. The molecule has 72 valence electrons. The van der Waals surface area contributed by atoms with E-state index in [1.54, 1.807) is 6.20 Å². The first kappa shape index (κ1) is 9.12. The summed E-state index contributed by atoms with van der Waals surface area (Å²) in [7, 11) is 2.05. The highest BCUT2D eigenvalue weighted by Crippen LogP contribution is 2.36. The molecule has 0 aliphatic carbocycles. The van der Waals surface area contributed by atoms with Crippen LogP contribution in [0.1, 0.15) is 18.2 Å². The van der Waals surface area contributed by atoms with Crippen LogP contribution in [-0.4, -0.2) is 34.0 Å². The van der Waals surface area contributed by atoms with E-state index in [1.807, 2.05) is 13.1 Å². The highest BCUT2D eigenvalue weighted by atomic mass is 32.1. The molecule has 2 rings (SSSR count). The normalized spacial score (nSPS) is 35.5. The van der Waals surface area contributed by atoms with Gasteiger partial charge < -0.3 is 10.0 Å². The number of nitrogens with zero attached hydrogens (tertiary/aromatic N) is 2. The Bertz CT molecular complexity index is 276. The van der Waals surface area contributed by atoms with E-state index in [1.165, 1.54) is 11.5 Å². The highest BCUT2D eigenvalue weighted by Gasteiger charge is 2.41. The first-order valence-electron chi connectivity index (χ1n) is 4.45. The van der Waals surface area contributed by atoms with Gasteiger partial charge in [-0.05, 0) is 38.0 Å². The molecule has 2 unspecified atom stereocenters. The first-order valence-corrected chi connectivity index (χ1v) is 5.23. The van der Waals surface area contributed by atoms with Gasteiger partial charge in [-0.3, -0.25) is 0 Å². The molecule has 1 aromatic rings. The van der Waals surface area contributed by atoms with E-state index < -0.39 is 5.60 Å². The van der Waals surface area contributed by atoms with Crippen molar-refractivity contribution in [1.29, 1.82) is 0 Å². The van der Waals surface area contributed by atoms with Gasteiger partial charge in [-0.1, -0.05) is 0 Å². The molecule has 0 aromatic carbocycles. The van der Waals surface area contributed by atoms with E-state index in [0.29, 0.717) is 6.04 Å². The van der Waals surface area contributed by atoms with Gasteiger partial charge in [-0.15, -0.1) is 0 Å². The van der Waals surface area contributed by atoms with Crippen LogP contribution in [0.2, 0.25) is 0 Å². The number of aromatic nitrogens is 1. The summed E-state index contributed by atoms with van der Waals surface area (Å²) in [5, 5.41) is 10.3. The Hall–Kier alpha value is -0.450. The lowest BCUT2D eigenvalue weighted by atomic mass is 9.99. The van der Waals surface area contributed by atoms with Crippen LogP contribution >= 0.6 is 11.5 Å². The summed E-state index contributed by atoms with van der Waals surface area (Å²) in [4.78, 5) is 3.17. The van der Waals surface area contributed by atoms with Crippen LogP contribution in [0, 0.1) is 0 Å². The average Bonchev–Trinajstić information content (AvgIpc) is 2.61. The molecule has 0 radical (unpaired) electrons. The van der Waals surface area contributed by atoms with Gasteiger partial charge in [0, 0.05) is 18.8 Å². The van der Waals surface area contributed by atoms with Gasteiger partial charge in [0.1, 0.15) is 5.60 Å². The second-order valence-electron chi connectivity index (χ2n) is 3.88. The van der Waals surface area contributed by atoms with Gasteiger partial charge in [-0.25, -0.2) is 4.37 Å². The molecule has 0 amide bonds. The van der Waals surface area contributed by atoms with Crippen molar-refractivity contribution in [1.82, 2.24) is 9.27 Å². The smallest absolute Gasteiger partial charge is 0.114 e. The van der Waals surface area contributed by atoms with Crippen molar-refractivity contribution in [2.24, 2.45) is 0 Å². The Morgan fingerprint density at radius 1 is 1.77 bits per heavy atom. The maximum absolute atomic E-state index is 10.3. The molecule has 1 aliphatic rings. The molecular weight excluding hydrogens is 184 g/mol. The second-order valence-corrected chi connectivity index (χ2v) is 4.71. The quantitative estimate of drug-likeness (QED) is 0.733. The maximum Gasteiger partial charge on any atom is 0.114 e. The van der Waals surface area contributed by atoms with Crippen LogP contribution in [-0.2, 0) is 5.60 Å². The van der Waals surface area contributed by atoms with Crippen molar-refractivity contribution in [3.05, 3.63) is 17.1 Å². The van der Waals surface area contributed by atoms with Crippen molar-refractivity contribution in [3.8, 4) is 0 Å². The summed E-state index contributed by atoms with van der Waals surface area (Å²) < 4.78 is 4.03. The van der Waals surface area contributed by atoms with Crippen LogP contribution in [0.5, 0.6) is 0 Å². The third-order valence-electron chi connectivity index (χ3n) is 2.79. The zero-order valence-electron chi connectivity index (χ0n) is 7.90. The van der Waals surface area contributed by atoms with E-state index in [9.17, 15) is 5.11 Å². The van der Waals surface area contributed by atoms with Gasteiger partial charge in [0.15, 0.2) is 0 Å². The van der Waals surface area contributed by atoms with Crippen LogP contribution < -0.4 is 0 Å². The predicted octanol–water partition coefficient (Wildman–Crippen LogP) is 1.05. The molecule has 2 atom stereocenters. The fourth-order valence-electron chi connectivity index (χ4n) is 1.91. The summed E-state index contributed by atoms with van der Waals surface area (Å²) in [6.45, 7) is 2.86. The number of rotatable bonds is 1. The first-order chi connectivity index (χ1) is 6.12. The Balaban J connectivity index is 2.24. The predicted molar refractivity (Wildman–Crippen MR) is 52.7 cm³/mol. The molecule has 2 heterocycles. The van der Waals surface area contributed by atoms with Gasteiger partial charge in [0.25, 0.3) is 0 Å². The lowest BCUT2D eigenvalue weighted by Crippen LogP contribution is -2.28. The SMILES string of the molecule is CC1CC(O)(c2ccns2)CN1C. The zero-order chi connectivity index (χ0) is 9.47. The molecule has 1 aromatic heterocycles. The molecule has 1 saturated heterocycles. The van der Waals surface area contributed by atoms with Crippen LogP contribution in [0.3, 0.4) is 0 Å². The van der Waals surface area contributed by atoms with E-state index in [-0.39, 0.29) is 0 Å². The molecule has 0 spiro atoms. The summed E-state index contributed by atoms with van der Waals surface area (Å²) in [6, 6.07) is 2.36. The number of hydrogen-bond acceptors (Lipinski definition) is 4. The monoisotopic (exact) mass is 198 g/mol. The zero-order valence-corrected chi connectivity index (χ0v) is 8.71. The molecule has 1 aliphatic heterocycles. The Morgan fingerprint density at radius 3 is 3.00 bits per heavy atom. The van der Waals surface area contributed by atoms with E-state index >= 15 is 0 Å². The molecular formula is C9H14N2OS. The fourth-order valence-corrected chi connectivity index (χ4v) is 2.59. The lowest BCUT2D eigenvalue weighted by molar-refractivity contribution is 0.0523. The average molecular weight is 198 g/mol. The Labute approximate surface area is 82.2 Å². The van der Waals surface area contributed by atoms with E-state index in [2.05, 4.69) is 16.2 Å². The Morgan fingerprint density at radius 2 is 2.54 bits per heavy atom. The van der Waals surface area contributed by atoms with Crippen molar-refractivity contribution in [2.75, 3.05) is 13.6 Å². The summed E-state index contributed by atoms with van der Waals surface area (Å²) in [5.74, 6) is 0. The van der Waals surface area contributed by atoms with Crippen LogP contribution in [0.25, 0.3) is 0 Å². The lowest BCUT2D eigenvalue weighted by Gasteiger charge is -2.19. The van der Waals surface area contributed by atoms with Crippen LogP contribution in [0.4, 0.5) is 0 Å². The summed E-state index contributed by atoms with van der Waals surface area (Å²) >= 11 is 1.40. The fraction of sp³-hybridized carbons (Fsp3) is 0.667. The Kier molecular flexibility index (Phi) is 2.14. The molecule has 1 fully saturated rings. The molecule has 0 saturated carbocycles. The van der Waals surface area contributed by atoms with Gasteiger partial charge in [0.2, 0.25) is 0 Å². The minimum atomic E-state index is -0.657. The largest absolute Gasteiger partial charge is 0.383 e. The number of likely N-dealkylation sites (tertiary alicyclic amines) is 1. The van der Waals surface area contributed by atoms with Crippen molar-refractivity contribution in [2.45, 2.75) is 25.0 Å². The number of likely N-dealkylation sites (N-methyl/N-ethyl adjacent to an activating group) is 1. The molecule has 13 heavy (non-hydrogen) atoms. The maximum atomic E-state index is 10.3. The topological polar surface area (TPSA) is 36.4 Å². The molecule has 4 heteroatoms. The summed E-state index contributed by atoms with van der Waals surface area (Å²) in [6.07, 6.45) is 2.56. The van der Waals surface area contributed by atoms with Crippen molar-refractivity contribution in [3.63, 3.8) is 0 Å². The number of aliphatic hydroxyl groups is 1.